The molecule has 1 atom stereocenters. The molecule has 0 radical (unpaired) electrons. The van der Waals surface area contributed by atoms with Gasteiger partial charge in [0.25, 0.3) is 0 Å². The van der Waals surface area contributed by atoms with E-state index in [-0.39, 0.29) is 0 Å². The Morgan fingerprint density at radius 2 is 2.22 bits per heavy atom. The molecule has 2 aromatic heterocycles. The highest BCUT2D eigenvalue weighted by molar-refractivity contribution is 5.55. The number of aromatic nitrogens is 2. The molecule has 0 saturated heterocycles. The van der Waals surface area contributed by atoms with Crippen LogP contribution in [-0.2, 0) is 0 Å². The van der Waals surface area contributed by atoms with Gasteiger partial charge in [0.15, 0.2) is 5.76 Å². The molecule has 1 unspecified atom stereocenters. The van der Waals surface area contributed by atoms with Crippen LogP contribution in [-0.4, -0.2) is 23.6 Å². The second-order valence-corrected chi connectivity index (χ2v) is 4.98. The molecule has 0 aliphatic rings. The van der Waals surface area contributed by atoms with E-state index >= 15 is 0 Å². The quantitative estimate of drug-likeness (QED) is 0.854. The van der Waals surface area contributed by atoms with Gasteiger partial charge in [-0.1, -0.05) is 13.8 Å². The topological polar surface area (TPSA) is 53.9 Å². The van der Waals surface area contributed by atoms with Crippen LogP contribution in [0.4, 0.5) is 0 Å². The number of nitrogens with one attached hydrogen (secondary N) is 2. The lowest BCUT2D eigenvalue weighted by Gasteiger charge is -2.17. The molecule has 0 amide bonds. The van der Waals surface area contributed by atoms with Gasteiger partial charge in [-0.3, -0.25) is 0 Å². The van der Waals surface area contributed by atoms with Crippen LogP contribution in [0.15, 0.2) is 22.8 Å². The predicted molar refractivity (Wildman–Crippen MR) is 72.5 cm³/mol. The average Bonchev–Trinajstić information content (AvgIpc) is 2.94. The number of H-pyrrole nitrogens is 1. The Hall–Kier alpha value is -1.55. The lowest BCUT2D eigenvalue weighted by Crippen LogP contribution is -2.22. The Morgan fingerprint density at radius 3 is 2.78 bits per heavy atom. The maximum absolute atomic E-state index is 5.42. The number of rotatable bonds is 5. The van der Waals surface area contributed by atoms with Crippen molar-refractivity contribution in [1.29, 1.82) is 0 Å². The average molecular weight is 247 g/mol. The summed E-state index contributed by atoms with van der Waals surface area (Å²) in [6.45, 7) is 7.38. The van der Waals surface area contributed by atoms with Crippen molar-refractivity contribution in [2.75, 3.05) is 13.6 Å². The molecule has 2 N–H and O–H groups in total. The molecule has 0 aromatic carbocycles. The third-order valence-corrected chi connectivity index (χ3v) is 3.24. The number of aryl methyl sites for hydroxylation is 1. The van der Waals surface area contributed by atoms with Gasteiger partial charge < -0.3 is 14.7 Å². The lowest BCUT2D eigenvalue weighted by molar-refractivity contribution is 0.460. The summed E-state index contributed by atoms with van der Waals surface area (Å²) in [5.41, 5.74) is 1.97. The number of furan rings is 1. The number of aromatic amines is 1. The van der Waals surface area contributed by atoms with E-state index in [1.807, 2.05) is 26.1 Å². The summed E-state index contributed by atoms with van der Waals surface area (Å²) in [4.78, 5) is 8.09. The van der Waals surface area contributed by atoms with Gasteiger partial charge in [0.2, 0.25) is 0 Å². The van der Waals surface area contributed by atoms with Gasteiger partial charge in [0.05, 0.1) is 6.26 Å². The van der Waals surface area contributed by atoms with Gasteiger partial charge >= 0.3 is 0 Å². The Balaban J connectivity index is 2.33. The summed E-state index contributed by atoms with van der Waals surface area (Å²) in [5, 5.41) is 3.23. The molecule has 0 aliphatic carbocycles. The van der Waals surface area contributed by atoms with Gasteiger partial charge in [-0.05, 0) is 32.0 Å². The van der Waals surface area contributed by atoms with Crippen LogP contribution in [0.25, 0.3) is 11.5 Å². The Bertz CT molecular complexity index is 485. The molecule has 2 rings (SSSR count). The zero-order valence-corrected chi connectivity index (χ0v) is 11.4. The normalized spacial score (nSPS) is 13.2. The maximum atomic E-state index is 5.42. The van der Waals surface area contributed by atoms with Gasteiger partial charge in [0, 0.05) is 18.2 Å². The standard InChI is InChI=1S/C14H21N3O/c1-9(2)11(8-15-4)14-16-10(3)13(17-14)12-6-5-7-18-12/h5-7,9,11,15H,8H2,1-4H3,(H,16,17). The minimum Gasteiger partial charge on any atom is -0.463 e. The summed E-state index contributed by atoms with van der Waals surface area (Å²) in [6, 6.07) is 3.83. The van der Waals surface area contributed by atoms with Crippen LogP contribution in [0.3, 0.4) is 0 Å². The highest BCUT2D eigenvalue weighted by Crippen LogP contribution is 2.27. The van der Waals surface area contributed by atoms with Gasteiger partial charge in [-0.2, -0.15) is 0 Å². The van der Waals surface area contributed by atoms with Gasteiger partial charge in [-0.25, -0.2) is 4.98 Å². The molecule has 2 heterocycles. The molecule has 0 bridgehead atoms. The van der Waals surface area contributed by atoms with Crippen molar-refractivity contribution in [2.24, 2.45) is 5.92 Å². The van der Waals surface area contributed by atoms with E-state index in [2.05, 4.69) is 24.1 Å². The monoisotopic (exact) mass is 247 g/mol. The Kier molecular flexibility index (Phi) is 3.87. The fraction of sp³-hybridized carbons (Fsp3) is 0.500. The van der Waals surface area contributed by atoms with Gasteiger partial charge in [-0.15, -0.1) is 0 Å². The first-order chi connectivity index (χ1) is 8.63. The summed E-state index contributed by atoms with van der Waals surface area (Å²) in [7, 11) is 1.97. The first-order valence-corrected chi connectivity index (χ1v) is 6.38. The van der Waals surface area contributed by atoms with Crippen molar-refractivity contribution in [3.05, 3.63) is 29.9 Å². The van der Waals surface area contributed by atoms with Crippen molar-refractivity contribution in [1.82, 2.24) is 15.3 Å². The van der Waals surface area contributed by atoms with E-state index in [0.717, 1.165) is 29.5 Å². The number of nitrogens with zero attached hydrogens (tertiary/aromatic N) is 1. The van der Waals surface area contributed by atoms with Crippen molar-refractivity contribution in [3.63, 3.8) is 0 Å². The maximum Gasteiger partial charge on any atom is 0.154 e. The van der Waals surface area contributed by atoms with E-state index in [1.54, 1.807) is 6.26 Å². The number of hydrogen-bond acceptors (Lipinski definition) is 3. The fourth-order valence-corrected chi connectivity index (χ4v) is 2.18. The number of likely N-dealkylation sites (N-methyl/N-ethyl adjacent to an activating group) is 1. The molecule has 4 nitrogen and oxygen atoms in total. The van der Waals surface area contributed by atoms with Crippen LogP contribution in [0.5, 0.6) is 0 Å². The van der Waals surface area contributed by atoms with Crippen LogP contribution >= 0.6 is 0 Å². The van der Waals surface area contributed by atoms with E-state index in [0.29, 0.717) is 11.8 Å². The molecular weight excluding hydrogens is 226 g/mol. The molecule has 0 saturated carbocycles. The summed E-state index contributed by atoms with van der Waals surface area (Å²) in [6.07, 6.45) is 1.68. The zero-order valence-electron chi connectivity index (χ0n) is 11.4. The minimum atomic E-state index is 0.386. The largest absolute Gasteiger partial charge is 0.463 e. The van der Waals surface area contributed by atoms with Gasteiger partial charge in [0.1, 0.15) is 11.5 Å². The Labute approximate surface area is 108 Å². The van der Waals surface area contributed by atoms with Crippen molar-refractivity contribution < 1.29 is 4.42 Å². The highest BCUT2D eigenvalue weighted by Gasteiger charge is 2.21. The molecule has 18 heavy (non-hydrogen) atoms. The van der Waals surface area contributed by atoms with E-state index in [9.17, 15) is 0 Å². The molecular formula is C14H21N3O. The molecule has 4 heteroatoms. The van der Waals surface area contributed by atoms with Crippen LogP contribution in [0.1, 0.15) is 31.3 Å². The molecule has 0 spiro atoms. The molecule has 2 aromatic rings. The van der Waals surface area contributed by atoms with Crippen LogP contribution in [0, 0.1) is 12.8 Å². The number of hydrogen-bond donors (Lipinski definition) is 2. The molecule has 98 valence electrons. The smallest absolute Gasteiger partial charge is 0.154 e. The summed E-state index contributed by atoms with van der Waals surface area (Å²) >= 11 is 0. The third kappa shape index (κ3) is 2.48. The minimum absolute atomic E-state index is 0.386. The second-order valence-electron chi connectivity index (χ2n) is 4.98. The first kappa shape index (κ1) is 12.9. The number of imidazole rings is 1. The molecule has 0 aliphatic heterocycles. The lowest BCUT2D eigenvalue weighted by atomic mass is 9.95. The van der Waals surface area contributed by atoms with Crippen molar-refractivity contribution in [3.8, 4) is 11.5 Å². The van der Waals surface area contributed by atoms with Crippen molar-refractivity contribution in [2.45, 2.75) is 26.7 Å². The highest BCUT2D eigenvalue weighted by atomic mass is 16.3. The van der Waals surface area contributed by atoms with Crippen LogP contribution < -0.4 is 5.32 Å². The van der Waals surface area contributed by atoms with E-state index < -0.39 is 0 Å². The van der Waals surface area contributed by atoms with E-state index in [1.165, 1.54) is 0 Å². The second kappa shape index (κ2) is 5.40. The summed E-state index contributed by atoms with van der Waals surface area (Å²) < 4.78 is 5.42. The predicted octanol–water partition coefficient (Wildman–Crippen LogP) is 2.94. The zero-order chi connectivity index (χ0) is 13.1. The Morgan fingerprint density at radius 1 is 1.44 bits per heavy atom. The third-order valence-electron chi connectivity index (χ3n) is 3.24. The molecule has 0 fully saturated rings. The fourth-order valence-electron chi connectivity index (χ4n) is 2.18. The first-order valence-electron chi connectivity index (χ1n) is 6.38. The van der Waals surface area contributed by atoms with E-state index in [4.69, 9.17) is 9.40 Å². The SMILES string of the molecule is CNCC(c1nc(-c2ccco2)c(C)[nH]1)C(C)C. The summed E-state index contributed by atoms with van der Waals surface area (Å²) in [5.74, 6) is 2.77. The van der Waals surface area contributed by atoms with Crippen LogP contribution in [0.2, 0.25) is 0 Å². The van der Waals surface area contributed by atoms with Crippen molar-refractivity contribution >= 4 is 0 Å².